The monoisotopic (exact) mass is 286 g/mol. The fourth-order valence-electron chi connectivity index (χ4n) is 5.53. The van der Waals surface area contributed by atoms with Crippen LogP contribution in [-0.4, -0.2) is 28.8 Å². The summed E-state index contributed by atoms with van der Waals surface area (Å²) in [5.74, 6) is 1.15. The summed E-state index contributed by atoms with van der Waals surface area (Å²) in [5.41, 5.74) is 9.46. The first kappa shape index (κ1) is 13.6. The van der Waals surface area contributed by atoms with Gasteiger partial charge in [-0.3, -0.25) is 4.90 Å². The Morgan fingerprint density at radius 1 is 1.33 bits per heavy atom. The molecule has 114 valence electrons. The first-order valence-corrected chi connectivity index (χ1v) is 8.45. The Kier molecular flexibility index (Phi) is 3.05. The second-order valence-electron chi connectivity index (χ2n) is 7.35. The molecule has 3 N–H and O–H groups in total. The zero-order valence-corrected chi connectivity index (χ0v) is 12.9. The Bertz CT molecular complexity index is 556. The van der Waals surface area contributed by atoms with Crippen LogP contribution < -0.4 is 5.73 Å². The Balaban J connectivity index is 1.85. The highest BCUT2D eigenvalue weighted by Crippen LogP contribution is 2.56. The minimum absolute atomic E-state index is 0.147. The first-order valence-electron chi connectivity index (χ1n) is 8.45. The number of rotatable bonds is 1. The van der Waals surface area contributed by atoms with Crippen molar-refractivity contribution in [2.75, 3.05) is 6.54 Å². The number of hydrogen-bond donors (Lipinski definition) is 2. The van der Waals surface area contributed by atoms with Crippen LogP contribution in [-0.2, 0) is 11.8 Å². The summed E-state index contributed by atoms with van der Waals surface area (Å²) in [4.78, 5) is 2.53. The van der Waals surface area contributed by atoms with Gasteiger partial charge in [-0.05, 0) is 61.8 Å². The molecule has 1 saturated heterocycles. The zero-order chi connectivity index (χ0) is 14.6. The summed E-state index contributed by atoms with van der Waals surface area (Å²) in [6.07, 6.45) is 7.74. The SMILES string of the molecule is C[C@H](N)N1CC[C@]23CCCCC2[C@H]1Cc1ccc(O)cc13. The third-order valence-corrected chi connectivity index (χ3v) is 6.39. The van der Waals surface area contributed by atoms with Gasteiger partial charge in [0.15, 0.2) is 0 Å². The van der Waals surface area contributed by atoms with E-state index >= 15 is 0 Å². The number of nitrogens with zero attached hydrogens (tertiary/aromatic N) is 1. The molecule has 3 heteroatoms. The van der Waals surface area contributed by atoms with E-state index < -0.39 is 0 Å². The summed E-state index contributed by atoms with van der Waals surface area (Å²) < 4.78 is 0. The highest BCUT2D eigenvalue weighted by molar-refractivity contribution is 5.45. The van der Waals surface area contributed by atoms with Crippen molar-refractivity contribution >= 4 is 0 Å². The van der Waals surface area contributed by atoms with Crippen LogP contribution in [0.4, 0.5) is 0 Å². The molecule has 0 aromatic heterocycles. The lowest BCUT2D eigenvalue weighted by Gasteiger charge is -2.59. The third kappa shape index (κ3) is 1.87. The van der Waals surface area contributed by atoms with E-state index in [0.29, 0.717) is 17.2 Å². The maximum Gasteiger partial charge on any atom is 0.115 e. The van der Waals surface area contributed by atoms with Crippen LogP contribution in [0, 0.1) is 5.92 Å². The highest BCUT2D eigenvalue weighted by Gasteiger charge is 2.54. The van der Waals surface area contributed by atoms with Gasteiger partial charge in [-0.1, -0.05) is 18.9 Å². The van der Waals surface area contributed by atoms with Gasteiger partial charge in [0.05, 0.1) is 6.17 Å². The molecule has 0 radical (unpaired) electrons. The lowest BCUT2D eigenvalue weighted by atomic mass is 9.52. The number of benzene rings is 1. The van der Waals surface area contributed by atoms with Gasteiger partial charge in [-0.25, -0.2) is 0 Å². The van der Waals surface area contributed by atoms with Crippen LogP contribution >= 0.6 is 0 Å². The summed E-state index contributed by atoms with van der Waals surface area (Å²) in [5, 5.41) is 9.98. The molecule has 2 bridgehead atoms. The second-order valence-corrected chi connectivity index (χ2v) is 7.35. The Labute approximate surface area is 127 Å². The van der Waals surface area contributed by atoms with Gasteiger partial charge in [0, 0.05) is 18.0 Å². The molecule has 4 rings (SSSR count). The predicted molar refractivity (Wildman–Crippen MR) is 84.2 cm³/mol. The smallest absolute Gasteiger partial charge is 0.115 e. The average Bonchev–Trinajstić information content (AvgIpc) is 2.48. The number of phenolic OH excluding ortho intramolecular Hbond substituents is 1. The highest BCUT2D eigenvalue weighted by atomic mass is 16.3. The molecule has 1 aromatic carbocycles. The number of likely N-dealkylation sites (tertiary alicyclic amines) is 1. The Hall–Kier alpha value is -1.06. The van der Waals surface area contributed by atoms with E-state index in [0.717, 1.165) is 18.9 Å². The van der Waals surface area contributed by atoms with Crippen LogP contribution in [0.15, 0.2) is 18.2 Å². The fourth-order valence-corrected chi connectivity index (χ4v) is 5.53. The maximum absolute atomic E-state index is 9.98. The van der Waals surface area contributed by atoms with E-state index in [2.05, 4.69) is 24.0 Å². The maximum atomic E-state index is 9.98. The van der Waals surface area contributed by atoms with E-state index in [1.807, 2.05) is 6.07 Å². The molecule has 1 heterocycles. The van der Waals surface area contributed by atoms with Crippen molar-refractivity contribution in [2.24, 2.45) is 11.7 Å². The molecule has 1 aliphatic heterocycles. The third-order valence-electron chi connectivity index (χ3n) is 6.39. The van der Waals surface area contributed by atoms with Crippen LogP contribution in [0.5, 0.6) is 5.75 Å². The minimum Gasteiger partial charge on any atom is -0.508 e. The minimum atomic E-state index is 0.147. The van der Waals surface area contributed by atoms with Crippen molar-refractivity contribution in [3.63, 3.8) is 0 Å². The van der Waals surface area contributed by atoms with Crippen molar-refractivity contribution < 1.29 is 5.11 Å². The van der Waals surface area contributed by atoms with Crippen molar-refractivity contribution in [1.29, 1.82) is 0 Å². The van der Waals surface area contributed by atoms with Crippen molar-refractivity contribution in [2.45, 2.75) is 63.1 Å². The number of aromatic hydroxyl groups is 1. The number of piperidine rings is 1. The summed E-state index contributed by atoms with van der Waals surface area (Å²) in [6, 6.07) is 6.65. The second kappa shape index (κ2) is 4.72. The normalized spacial score (nSPS) is 36.7. The molecular formula is C18H26N2O. The van der Waals surface area contributed by atoms with E-state index in [1.165, 1.54) is 43.2 Å². The van der Waals surface area contributed by atoms with Gasteiger partial charge in [-0.2, -0.15) is 0 Å². The molecular weight excluding hydrogens is 260 g/mol. The van der Waals surface area contributed by atoms with E-state index in [4.69, 9.17) is 5.73 Å². The number of fused-ring (bicyclic) bond motifs is 1. The van der Waals surface area contributed by atoms with Crippen LogP contribution in [0.1, 0.15) is 50.2 Å². The topological polar surface area (TPSA) is 49.5 Å². The summed E-state index contributed by atoms with van der Waals surface area (Å²) >= 11 is 0. The molecule has 0 amide bonds. The first-order chi connectivity index (χ1) is 10.1. The predicted octanol–water partition coefficient (Wildman–Crippen LogP) is 2.76. The molecule has 1 aromatic rings. The van der Waals surface area contributed by atoms with Gasteiger partial charge in [0.25, 0.3) is 0 Å². The van der Waals surface area contributed by atoms with Gasteiger partial charge in [0.1, 0.15) is 5.75 Å². The molecule has 4 atom stereocenters. The largest absolute Gasteiger partial charge is 0.508 e. The average molecular weight is 286 g/mol. The van der Waals surface area contributed by atoms with E-state index in [1.54, 1.807) is 0 Å². The van der Waals surface area contributed by atoms with E-state index in [-0.39, 0.29) is 6.17 Å². The number of hydrogen-bond acceptors (Lipinski definition) is 3. The van der Waals surface area contributed by atoms with Gasteiger partial charge in [-0.15, -0.1) is 0 Å². The fraction of sp³-hybridized carbons (Fsp3) is 0.667. The lowest BCUT2D eigenvalue weighted by Crippen LogP contribution is -2.63. The van der Waals surface area contributed by atoms with Crippen LogP contribution in [0.2, 0.25) is 0 Å². The van der Waals surface area contributed by atoms with Crippen molar-refractivity contribution in [1.82, 2.24) is 4.90 Å². The summed E-state index contributed by atoms with van der Waals surface area (Å²) in [6.45, 7) is 3.23. The van der Waals surface area contributed by atoms with Crippen molar-refractivity contribution in [3.8, 4) is 5.75 Å². The van der Waals surface area contributed by atoms with Gasteiger partial charge in [0.2, 0.25) is 0 Å². The molecule has 3 aliphatic rings. The molecule has 1 unspecified atom stereocenters. The van der Waals surface area contributed by atoms with Crippen molar-refractivity contribution in [3.05, 3.63) is 29.3 Å². The molecule has 2 aliphatic carbocycles. The number of nitrogens with two attached hydrogens (primary N) is 1. The Morgan fingerprint density at radius 3 is 3.00 bits per heavy atom. The quantitative estimate of drug-likeness (QED) is 0.834. The summed E-state index contributed by atoms with van der Waals surface area (Å²) in [7, 11) is 0. The molecule has 1 saturated carbocycles. The molecule has 0 spiro atoms. The van der Waals surface area contributed by atoms with Gasteiger partial charge >= 0.3 is 0 Å². The van der Waals surface area contributed by atoms with Gasteiger partial charge < -0.3 is 10.8 Å². The van der Waals surface area contributed by atoms with Crippen LogP contribution in [0.3, 0.4) is 0 Å². The molecule has 21 heavy (non-hydrogen) atoms. The Morgan fingerprint density at radius 2 is 2.19 bits per heavy atom. The molecule has 3 nitrogen and oxygen atoms in total. The zero-order valence-electron chi connectivity index (χ0n) is 12.9. The number of phenols is 1. The standard InChI is InChI=1S/C18H26N2O/c1-12(19)20-9-8-18-7-3-2-4-15(18)17(20)10-13-5-6-14(21)11-16(13)18/h5-6,11-12,15,17,21H,2-4,7-10,19H2,1H3/t12-,15?,17-,18-/m1/s1. The van der Waals surface area contributed by atoms with Crippen LogP contribution in [0.25, 0.3) is 0 Å². The lowest BCUT2D eigenvalue weighted by molar-refractivity contribution is -0.0288. The molecule has 2 fully saturated rings. The van der Waals surface area contributed by atoms with E-state index in [9.17, 15) is 5.11 Å².